The molecule has 2 aliphatic heterocycles. The molecule has 0 saturated heterocycles. The van der Waals surface area contributed by atoms with Crippen LogP contribution in [0.5, 0.6) is 0 Å². The Bertz CT molecular complexity index is 1870. The summed E-state index contributed by atoms with van der Waals surface area (Å²) < 4.78 is 27.5. The van der Waals surface area contributed by atoms with Crippen LogP contribution in [0.15, 0.2) is 175 Å². The smallest absolute Gasteiger partial charge is 0.206 e. The number of hydrogen-bond acceptors (Lipinski definition) is 6. The fraction of sp³-hybridized carbons (Fsp3) is 0. The van der Waals surface area contributed by atoms with Crippen molar-refractivity contribution in [3.63, 3.8) is 0 Å². The zero-order chi connectivity index (χ0) is 29.0. The molecular formula is C36H24N2O2S3. The summed E-state index contributed by atoms with van der Waals surface area (Å²) in [7, 11) is -3.72. The number of rotatable bonds is 4. The van der Waals surface area contributed by atoms with Gasteiger partial charge in [-0.05, 0) is 97.1 Å². The second-order valence-electron chi connectivity index (χ2n) is 10.2. The van der Waals surface area contributed by atoms with E-state index in [9.17, 15) is 8.42 Å². The quantitative estimate of drug-likeness (QED) is 0.197. The third kappa shape index (κ3) is 4.43. The topological polar surface area (TPSA) is 40.6 Å². The molecule has 0 atom stereocenters. The van der Waals surface area contributed by atoms with E-state index in [2.05, 4.69) is 58.3 Å². The van der Waals surface area contributed by atoms with Gasteiger partial charge in [0.15, 0.2) is 0 Å². The van der Waals surface area contributed by atoms with Crippen molar-refractivity contribution in [2.24, 2.45) is 0 Å². The Kier molecular flexibility index (Phi) is 6.33. The van der Waals surface area contributed by atoms with E-state index in [1.807, 2.05) is 72.8 Å². The van der Waals surface area contributed by atoms with Gasteiger partial charge in [0.25, 0.3) is 0 Å². The van der Waals surface area contributed by atoms with E-state index < -0.39 is 9.84 Å². The van der Waals surface area contributed by atoms with Crippen LogP contribution in [-0.2, 0) is 9.84 Å². The van der Waals surface area contributed by atoms with Gasteiger partial charge in [0.1, 0.15) is 0 Å². The summed E-state index contributed by atoms with van der Waals surface area (Å²) in [6.07, 6.45) is 0. The molecule has 0 radical (unpaired) electrons. The van der Waals surface area contributed by atoms with Crippen molar-refractivity contribution in [3.05, 3.63) is 146 Å². The summed E-state index contributed by atoms with van der Waals surface area (Å²) in [5, 5.41) is 0. The molecule has 0 unspecified atom stereocenters. The first-order valence-electron chi connectivity index (χ1n) is 13.9. The molecule has 2 heterocycles. The van der Waals surface area contributed by atoms with Crippen LogP contribution in [0.4, 0.5) is 34.1 Å². The molecule has 0 aromatic heterocycles. The Hall–Kier alpha value is -4.43. The van der Waals surface area contributed by atoms with E-state index in [-0.39, 0.29) is 9.79 Å². The minimum absolute atomic E-state index is 0.266. The van der Waals surface area contributed by atoms with Crippen molar-refractivity contribution >= 4 is 67.5 Å². The molecule has 6 aromatic rings. The van der Waals surface area contributed by atoms with Gasteiger partial charge in [-0.1, -0.05) is 72.1 Å². The highest BCUT2D eigenvalue weighted by molar-refractivity contribution is 8.00. The second kappa shape index (κ2) is 10.4. The maximum atomic E-state index is 13.8. The van der Waals surface area contributed by atoms with Gasteiger partial charge in [-0.3, -0.25) is 0 Å². The van der Waals surface area contributed by atoms with Crippen LogP contribution in [0.25, 0.3) is 0 Å². The zero-order valence-electron chi connectivity index (χ0n) is 22.8. The van der Waals surface area contributed by atoms with Crippen LogP contribution in [0, 0.1) is 0 Å². The van der Waals surface area contributed by atoms with Gasteiger partial charge in [0.2, 0.25) is 9.84 Å². The van der Waals surface area contributed by atoms with Crippen molar-refractivity contribution in [2.45, 2.75) is 29.4 Å². The molecule has 7 heteroatoms. The number of anilines is 6. The second-order valence-corrected chi connectivity index (χ2v) is 14.4. The molecule has 0 spiro atoms. The van der Waals surface area contributed by atoms with Crippen LogP contribution < -0.4 is 9.80 Å². The Labute approximate surface area is 259 Å². The van der Waals surface area contributed by atoms with Crippen molar-refractivity contribution < 1.29 is 8.42 Å². The van der Waals surface area contributed by atoms with Crippen LogP contribution in [0.3, 0.4) is 0 Å². The minimum atomic E-state index is -3.72. The summed E-state index contributed by atoms with van der Waals surface area (Å²) in [5.41, 5.74) is 6.14. The van der Waals surface area contributed by atoms with Gasteiger partial charge >= 0.3 is 0 Å². The predicted octanol–water partition coefficient (Wildman–Crippen LogP) is 10.4. The zero-order valence-corrected chi connectivity index (χ0v) is 25.2. The lowest BCUT2D eigenvalue weighted by atomic mass is 10.2. The highest BCUT2D eigenvalue weighted by atomic mass is 32.2. The first kappa shape index (κ1) is 26.2. The molecule has 8 rings (SSSR count). The molecule has 0 N–H and O–H groups in total. The van der Waals surface area contributed by atoms with Crippen molar-refractivity contribution in [3.8, 4) is 0 Å². The summed E-state index contributed by atoms with van der Waals surface area (Å²) in [6.45, 7) is 0. The molecule has 0 aliphatic carbocycles. The lowest BCUT2D eigenvalue weighted by Gasteiger charge is -2.33. The Morgan fingerprint density at radius 1 is 0.372 bits per heavy atom. The van der Waals surface area contributed by atoms with E-state index in [4.69, 9.17) is 0 Å². The highest BCUT2D eigenvalue weighted by Crippen LogP contribution is 2.52. The monoisotopic (exact) mass is 612 g/mol. The minimum Gasteiger partial charge on any atom is -0.308 e. The number of hydrogen-bond donors (Lipinski definition) is 0. The maximum absolute atomic E-state index is 13.8. The fourth-order valence-corrected chi connectivity index (χ4v) is 9.03. The number of benzene rings is 6. The van der Waals surface area contributed by atoms with Crippen LogP contribution in [-0.4, -0.2) is 8.42 Å². The van der Waals surface area contributed by atoms with Gasteiger partial charge < -0.3 is 9.80 Å². The molecule has 43 heavy (non-hydrogen) atoms. The highest BCUT2D eigenvalue weighted by Gasteiger charge is 2.27. The van der Waals surface area contributed by atoms with Crippen molar-refractivity contribution in [1.82, 2.24) is 0 Å². The van der Waals surface area contributed by atoms with E-state index in [1.54, 1.807) is 47.8 Å². The van der Waals surface area contributed by atoms with Gasteiger partial charge in [0.05, 0.1) is 32.5 Å². The summed E-state index contributed by atoms with van der Waals surface area (Å²) in [6, 6.07) is 47.6. The SMILES string of the molecule is O=S(=O)(c1ccc(N2c3ccccc3Sc3ccccc32)cc1)c1ccc(N2c3ccccc3Sc3ccccc32)cc1. The van der Waals surface area contributed by atoms with Crippen LogP contribution in [0.1, 0.15) is 0 Å². The molecule has 0 bridgehead atoms. The molecule has 4 nitrogen and oxygen atoms in total. The van der Waals surface area contributed by atoms with Gasteiger partial charge in [-0.2, -0.15) is 0 Å². The average Bonchev–Trinajstić information content (AvgIpc) is 3.06. The molecule has 0 amide bonds. The predicted molar refractivity (Wildman–Crippen MR) is 176 cm³/mol. The van der Waals surface area contributed by atoms with Crippen molar-refractivity contribution in [2.75, 3.05) is 9.80 Å². The summed E-state index contributed by atoms with van der Waals surface area (Å²) >= 11 is 3.49. The lowest BCUT2D eigenvalue weighted by Crippen LogP contribution is -2.15. The van der Waals surface area contributed by atoms with E-state index in [0.717, 1.165) is 53.7 Å². The van der Waals surface area contributed by atoms with Gasteiger partial charge in [-0.25, -0.2) is 8.42 Å². The maximum Gasteiger partial charge on any atom is 0.206 e. The Morgan fingerprint density at radius 2 is 0.651 bits per heavy atom. The molecule has 0 saturated carbocycles. The first-order valence-corrected chi connectivity index (χ1v) is 17.0. The lowest BCUT2D eigenvalue weighted by molar-refractivity contribution is 0.596. The molecule has 6 aromatic carbocycles. The van der Waals surface area contributed by atoms with Crippen LogP contribution in [0.2, 0.25) is 0 Å². The largest absolute Gasteiger partial charge is 0.308 e. The molecule has 0 fully saturated rings. The van der Waals surface area contributed by atoms with Gasteiger partial charge in [-0.15, -0.1) is 0 Å². The van der Waals surface area contributed by atoms with Crippen LogP contribution >= 0.6 is 23.5 Å². The number of fused-ring (bicyclic) bond motifs is 4. The summed E-state index contributed by atoms with van der Waals surface area (Å²) in [4.78, 5) is 9.57. The molecule has 208 valence electrons. The normalized spacial score (nSPS) is 13.5. The third-order valence-electron chi connectivity index (χ3n) is 7.67. The van der Waals surface area contributed by atoms with E-state index in [0.29, 0.717) is 0 Å². The number of para-hydroxylation sites is 4. The van der Waals surface area contributed by atoms with E-state index >= 15 is 0 Å². The van der Waals surface area contributed by atoms with Gasteiger partial charge in [0, 0.05) is 31.0 Å². The Morgan fingerprint density at radius 3 is 0.953 bits per heavy atom. The summed E-state index contributed by atoms with van der Waals surface area (Å²) in [5.74, 6) is 0. The average molecular weight is 613 g/mol. The number of nitrogens with zero attached hydrogens (tertiary/aromatic N) is 2. The fourth-order valence-electron chi connectivity index (χ4n) is 5.65. The first-order chi connectivity index (χ1) is 21.1. The number of sulfone groups is 1. The standard InChI is InChI=1S/C36H24N2O2S3/c39-43(40,27-21-17-25(18-22-27)37-29-9-1-5-13-33(29)41-34-14-6-2-10-30(34)37)28-23-19-26(20-24-28)38-31-11-3-7-15-35(31)42-36-16-8-4-12-32(36)38/h1-24H. The Balaban J connectivity index is 1.13. The molecular weight excluding hydrogens is 589 g/mol. The molecule has 2 aliphatic rings. The third-order valence-corrected chi connectivity index (χ3v) is 11.7. The van der Waals surface area contributed by atoms with E-state index in [1.165, 1.54) is 0 Å². The van der Waals surface area contributed by atoms with Crippen molar-refractivity contribution in [1.29, 1.82) is 0 Å².